The normalized spacial score (nSPS) is 13.4. The Balaban J connectivity index is 1.73. The Hall–Kier alpha value is -2.82. The van der Waals surface area contributed by atoms with Crippen molar-refractivity contribution in [2.45, 2.75) is 0 Å². The highest BCUT2D eigenvalue weighted by molar-refractivity contribution is 5.98. The topological polar surface area (TPSA) is 45.7 Å². The molecular weight excluding hydrogens is 290 g/mol. The average molecular weight is 309 g/mol. The van der Waals surface area contributed by atoms with E-state index in [1.54, 1.807) is 11.1 Å². The molecule has 23 heavy (non-hydrogen) atoms. The highest BCUT2D eigenvalue weighted by Crippen LogP contribution is 2.30. The lowest BCUT2D eigenvalue weighted by Crippen LogP contribution is -2.46. The number of amides is 1. The summed E-state index contributed by atoms with van der Waals surface area (Å²) in [5, 5.41) is 0. The standard InChI is InChI=1S/C18H19N3O2/c1-2-11-20-12-13-21(16-9-6-10-19-18(16)20)17(22)14-23-15-7-4-3-5-8-15/h2-10H,1,11-14H2. The third-order valence-corrected chi connectivity index (χ3v) is 3.71. The van der Waals surface area contributed by atoms with Gasteiger partial charge in [-0.2, -0.15) is 0 Å². The van der Waals surface area contributed by atoms with Gasteiger partial charge in [0.15, 0.2) is 12.4 Å². The van der Waals surface area contributed by atoms with Crippen molar-refractivity contribution in [2.75, 3.05) is 36.0 Å². The number of anilines is 2. The van der Waals surface area contributed by atoms with E-state index in [9.17, 15) is 4.79 Å². The van der Waals surface area contributed by atoms with Crippen LogP contribution in [-0.2, 0) is 4.79 Å². The molecule has 0 N–H and O–H groups in total. The van der Waals surface area contributed by atoms with Gasteiger partial charge in [-0.25, -0.2) is 4.98 Å². The van der Waals surface area contributed by atoms with Crippen molar-refractivity contribution in [3.8, 4) is 5.75 Å². The van der Waals surface area contributed by atoms with Crippen molar-refractivity contribution < 1.29 is 9.53 Å². The van der Waals surface area contributed by atoms with Crippen molar-refractivity contribution in [1.82, 2.24) is 4.98 Å². The summed E-state index contributed by atoms with van der Waals surface area (Å²) in [6, 6.07) is 13.1. The van der Waals surface area contributed by atoms with Gasteiger partial charge < -0.3 is 14.5 Å². The van der Waals surface area contributed by atoms with Gasteiger partial charge in [0.1, 0.15) is 5.75 Å². The first-order chi connectivity index (χ1) is 11.3. The van der Waals surface area contributed by atoms with Crippen LogP contribution in [0.15, 0.2) is 61.3 Å². The van der Waals surface area contributed by atoms with E-state index in [1.807, 2.05) is 48.5 Å². The van der Waals surface area contributed by atoms with Crippen LogP contribution in [0.1, 0.15) is 0 Å². The summed E-state index contributed by atoms with van der Waals surface area (Å²) in [6.07, 6.45) is 3.58. The number of rotatable bonds is 5. The Labute approximate surface area is 135 Å². The molecule has 1 aromatic carbocycles. The lowest BCUT2D eigenvalue weighted by molar-refractivity contribution is -0.120. The van der Waals surface area contributed by atoms with Crippen molar-refractivity contribution in [2.24, 2.45) is 0 Å². The van der Waals surface area contributed by atoms with Gasteiger partial charge in [-0.1, -0.05) is 24.3 Å². The zero-order chi connectivity index (χ0) is 16.1. The number of benzene rings is 1. The molecule has 5 nitrogen and oxygen atoms in total. The van der Waals surface area contributed by atoms with Crippen LogP contribution >= 0.6 is 0 Å². The van der Waals surface area contributed by atoms with Gasteiger partial charge >= 0.3 is 0 Å². The van der Waals surface area contributed by atoms with Crippen molar-refractivity contribution in [1.29, 1.82) is 0 Å². The molecule has 1 amide bonds. The minimum Gasteiger partial charge on any atom is -0.484 e. The Morgan fingerprint density at radius 3 is 2.83 bits per heavy atom. The maximum atomic E-state index is 12.5. The van der Waals surface area contributed by atoms with E-state index in [2.05, 4.69) is 16.5 Å². The van der Waals surface area contributed by atoms with Crippen LogP contribution < -0.4 is 14.5 Å². The second-order valence-corrected chi connectivity index (χ2v) is 5.23. The molecule has 0 aliphatic carbocycles. The second kappa shape index (κ2) is 6.96. The number of para-hydroxylation sites is 1. The van der Waals surface area contributed by atoms with Crippen molar-refractivity contribution in [3.63, 3.8) is 0 Å². The third kappa shape index (κ3) is 3.34. The van der Waals surface area contributed by atoms with E-state index in [0.29, 0.717) is 18.8 Å². The minimum atomic E-state index is -0.0682. The van der Waals surface area contributed by atoms with Crippen LogP contribution in [-0.4, -0.2) is 37.1 Å². The van der Waals surface area contributed by atoms with Crippen LogP contribution in [0.4, 0.5) is 11.5 Å². The monoisotopic (exact) mass is 309 g/mol. The Kier molecular flexibility index (Phi) is 4.57. The summed E-state index contributed by atoms with van der Waals surface area (Å²) in [7, 11) is 0. The number of fused-ring (bicyclic) bond motifs is 1. The number of nitrogens with zero attached hydrogens (tertiary/aromatic N) is 3. The van der Waals surface area contributed by atoms with E-state index >= 15 is 0 Å². The van der Waals surface area contributed by atoms with E-state index in [0.717, 1.165) is 18.1 Å². The highest BCUT2D eigenvalue weighted by atomic mass is 16.5. The summed E-state index contributed by atoms with van der Waals surface area (Å²) in [5.41, 5.74) is 0.822. The third-order valence-electron chi connectivity index (χ3n) is 3.71. The van der Waals surface area contributed by atoms with Crippen LogP contribution in [0.3, 0.4) is 0 Å². The number of hydrogen-bond acceptors (Lipinski definition) is 4. The fourth-order valence-corrected chi connectivity index (χ4v) is 2.62. The minimum absolute atomic E-state index is 0.0137. The second-order valence-electron chi connectivity index (χ2n) is 5.23. The molecule has 0 spiro atoms. The van der Waals surface area contributed by atoms with E-state index in [1.165, 1.54) is 0 Å². The summed E-state index contributed by atoms with van der Waals surface area (Å²) in [5.74, 6) is 1.44. The molecule has 1 aliphatic rings. The predicted octanol–water partition coefficient (Wildman–Crippen LogP) is 2.50. The zero-order valence-corrected chi connectivity index (χ0v) is 12.9. The van der Waals surface area contributed by atoms with Gasteiger partial charge in [0, 0.05) is 25.8 Å². The zero-order valence-electron chi connectivity index (χ0n) is 12.9. The first kappa shape index (κ1) is 15.1. The molecule has 1 aliphatic heterocycles. The van der Waals surface area contributed by atoms with E-state index in [-0.39, 0.29) is 12.5 Å². The van der Waals surface area contributed by atoms with Gasteiger partial charge in [0.25, 0.3) is 5.91 Å². The molecule has 5 heteroatoms. The Morgan fingerprint density at radius 1 is 1.22 bits per heavy atom. The maximum Gasteiger partial charge on any atom is 0.265 e. The maximum absolute atomic E-state index is 12.5. The molecule has 3 rings (SSSR count). The fourth-order valence-electron chi connectivity index (χ4n) is 2.62. The molecule has 0 atom stereocenters. The molecule has 0 saturated heterocycles. The number of ether oxygens (including phenoxy) is 1. The van der Waals surface area contributed by atoms with Crippen LogP contribution in [0.5, 0.6) is 5.75 Å². The molecule has 2 heterocycles. The van der Waals surface area contributed by atoms with Gasteiger partial charge in [-0.15, -0.1) is 6.58 Å². The van der Waals surface area contributed by atoms with Crippen molar-refractivity contribution >= 4 is 17.4 Å². The van der Waals surface area contributed by atoms with Crippen LogP contribution in [0.25, 0.3) is 0 Å². The lowest BCUT2D eigenvalue weighted by Gasteiger charge is -2.36. The molecule has 1 aromatic heterocycles. The number of hydrogen-bond donors (Lipinski definition) is 0. The molecule has 2 aromatic rings. The fraction of sp³-hybridized carbons (Fsp3) is 0.222. The molecular formula is C18H19N3O2. The molecule has 0 bridgehead atoms. The van der Waals surface area contributed by atoms with Gasteiger partial charge in [-0.05, 0) is 24.3 Å². The van der Waals surface area contributed by atoms with Crippen LogP contribution in [0.2, 0.25) is 0 Å². The van der Waals surface area contributed by atoms with Gasteiger partial charge in [-0.3, -0.25) is 4.79 Å². The van der Waals surface area contributed by atoms with E-state index in [4.69, 9.17) is 4.74 Å². The number of aromatic nitrogens is 1. The summed E-state index contributed by atoms with van der Waals surface area (Å²) < 4.78 is 5.57. The van der Waals surface area contributed by atoms with Crippen LogP contribution in [0, 0.1) is 0 Å². The lowest BCUT2D eigenvalue weighted by atomic mass is 10.2. The summed E-state index contributed by atoms with van der Waals surface area (Å²) >= 11 is 0. The smallest absolute Gasteiger partial charge is 0.265 e. The molecule has 0 radical (unpaired) electrons. The Morgan fingerprint density at radius 2 is 2.04 bits per heavy atom. The number of pyridine rings is 1. The largest absolute Gasteiger partial charge is 0.484 e. The molecule has 118 valence electrons. The first-order valence-electron chi connectivity index (χ1n) is 7.58. The molecule has 0 saturated carbocycles. The summed E-state index contributed by atoms with van der Waals surface area (Å²) in [6.45, 7) is 5.85. The average Bonchev–Trinajstić information content (AvgIpc) is 2.61. The highest BCUT2D eigenvalue weighted by Gasteiger charge is 2.27. The SMILES string of the molecule is C=CCN1CCN(C(=O)COc2ccccc2)c2cccnc21. The van der Waals surface area contributed by atoms with Gasteiger partial charge in [0.05, 0.1) is 5.69 Å². The quantitative estimate of drug-likeness (QED) is 0.796. The first-order valence-corrected chi connectivity index (χ1v) is 7.58. The van der Waals surface area contributed by atoms with Gasteiger partial charge in [0.2, 0.25) is 0 Å². The van der Waals surface area contributed by atoms with Crippen molar-refractivity contribution in [3.05, 3.63) is 61.3 Å². The number of carbonyl (C=O) groups is 1. The Bertz CT molecular complexity index is 688. The summed E-state index contributed by atoms with van der Waals surface area (Å²) in [4.78, 5) is 20.8. The van der Waals surface area contributed by atoms with E-state index < -0.39 is 0 Å². The molecule has 0 unspecified atom stereocenters. The predicted molar refractivity (Wildman–Crippen MR) is 90.9 cm³/mol. The number of carbonyl (C=O) groups excluding carboxylic acids is 1. The molecule has 0 fully saturated rings.